The maximum atomic E-state index is 5.30. The zero-order valence-corrected chi connectivity index (χ0v) is 11.4. The fourth-order valence-corrected chi connectivity index (χ4v) is 1.91. The van der Waals surface area contributed by atoms with Gasteiger partial charge in [-0.2, -0.15) is 5.10 Å². The third kappa shape index (κ3) is 3.63. The molecule has 0 aliphatic heterocycles. The summed E-state index contributed by atoms with van der Waals surface area (Å²) in [5, 5.41) is 4.12. The van der Waals surface area contributed by atoms with E-state index in [4.69, 9.17) is 5.73 Å². The van der Waals surface area contributed by atoms with Gasteiger partial charge in [0.05, 0.1) is 6.21 Å². The molecule has 0 bridgehead atoms. The summed E-state index contributed by atoms with van der Waals surface area (Å²) in [6.07, 6.45) is 1.70. The number of nitrogens with one attached hydrogen (secondary N) is 1. The van der Waals surface area contributed by atoms with E-state index in [0.29, 0.717) is 0 Å². The van der Waals surface area contributed by atoms with Crippen molar-refractivity contribution in [1.82, 2.24) is 5.43 Å². The van der Waals surface area contributed by atoms with E-state index in [2.05, 4.69) is 53.9 Å². The van der Waals surface area contributed by atoms with Crippen LogP contribution in [-0.2, 0) is 0 Å². The summed E-state index contributed by atoms with van der Waals surface area (Å²) >= 11 is 4.68. The molecule has 0 saturated carbocycles. The Bertz CT molecular complexity index is 620. The van der Waals surface area contributed by atoms with Gasteiger partial charge in [0.15, 0.2) is 5.11 Å². The lowest BCUT2D eigenvalue weighted by Crippen LogP contribution is -2.23. The Labute approximate surface area is 118 Å². The second-order valence-corrected chi connectivity index (χ2v) is 4.61. The van der Waals surface area contributed by atoms with Crippen LogP contribution in [0, 0.1) is 6.92 Å². The van der Waals surface area contributed by atoms with Crippen molar-refractivity contribution in [1.29, 1.82) is 0 Å². The summed E-state index contributed by atoms with van der Waals surface area (Å²) < 4.78 is 0. The molecule has 0 aliphatic rings. The van der Waals surface area contributed by atoms with Crippen LogP contribution in [0.3, 0.4) is 0 Å². The predicted octanol–water partition coefficient (Wildman–Crippen LogP) is 2.83. The molecule has 3 N–H and O–H groups in total. The third-order valence-electron chi connectivity index (χ3n) is 2.73. The first kappa shape index (κ1) is 13.2. The van der Waals surface area contributed by atoms with Gasteiger partial charge in [-0.05, 0) is 47.5 Å². The summed E-state index contributed by atoms with van der Waals surface area (Å²) in [4.78, 5) is 0. The quantitative estimate of drug-likeness (QED) is 0.512. The largest absolute Gasteiger partial charge is 0.375 e. The normalized spacial score (nSPS) is 10.6. The minimum absolute atomic E-state index is 0.159. The molecule has 0 fully saturated rings. The maximum Gasteiger partial charge on any atom is 0.184 e. The van der Waals surface area contributed by atoms with Gasteiger partial charge in [0.2, 0.25) is 0 Å². The second-order valence-electron chi connectivity index (χ2n) is 4.17. The van der Waals surface area contributed by atoms with Crippen molar-refractivity contribution < 1.29 is 0 Å². The monoisotopic (exact) mass is 269 g/mol. The molecule has 0 amide bonds. The third-order valence-corrected chi connectivity index (χ3v) is 2.82. The highest BCUT2D eigenvalue weighted by Gasteiger charge is 2.00. The van der Waals surface area contributed by atoms with Gasteiger partial charge in [-0.1, -0.05) is 42.5 Å². The van der Waals surface area contributed by atoms with Crippen molar-refractivity contribution in [3.63, 3.8) is 0 Å². The van der Waals surface area contributed by atoms with E-state index in [1.54, 1.807) is 6.21 Å². The Morgan fingerprint density at radius 3 is 2.74 bits per heavy atom. The van der Waals surface area contributed by atoms with E-state index < -0.39 is 0 Å². The van der Waals surface area contributed by atoms with Crippen LogP contribution in [0.5, 0.6) is 0 Å². The first-order chi connectivity index (χ1) is 9.16. The molecule has 2 aromatic rings. The lowest BCUT2D eigenvalue weighted by Gasteiger charge is -2.06. The SMILES string of the molecule is Cc1ccccc1-c1cccc(C=NNC(N)=S)c1. The van der Waals surface area contributed by atoms with Crippen molar-refractivity contribution in [2.24, 2.45) is 10.8 Å². The molecule has 0 aromatic heterocycles. The van der Waals surface area contributed by atoms with Crippen molar-refractivity contribution in [3.05, 3.63) is 59.7 Å². The van der Waals surface area contributed by atoms with Crippen molar-refractivity contribution in [3.8, 4) is 11.1 Å². The summed E-state index contributed by atoms with van der Waals surface area (Å²) in [6, 6.07) is 16.4. The molecule has 96 valence electrons. The van der Waals surface area contributed by atoms with Gasteiger partial charge >= 0.3 is 0 Å². The molecule has 0 unspecified atom stereocenters. The first-order valence-corrected chi connectivity index (χ1v) is 6.32. The van der Waals surface area contributed by atoms with Crippen LogP contribution < -0.4 is 11.2 Å². The Morgan fingerprint density at radius 1 is 1.21 bits per heavy atom. The van der Waals surface area contributed by atoms with Crippen LogP contribution in [0.1, 0.15) is 11.1 Å². The molecule has 2 aromatic carbocycles. The molecular formula is C15H15N3S. The molecule has 19 heavy (non-hydrogen) atoms. The highest BCUT2D eigenvalue weighted by molar-refractivity contribution is 7.80. The summed E-state index contributed by atoms with van der Waals surface area (Å²) in [6.45, 7) is 2.10. The second kappa shape index (κ2) is 6.11. The lowest BCUT2D eigenvalue weighted by atomic mass is 9.99. The fraction of sp³-hybridized carbons (Fsp3) is 0.0667. The molecule has 0 saturated heterocycles. The number of aryl methyl sites for hydroxylation is 1. The standard InChI is InChI=1S/C15H15N3S/c1-11-5-2-3-8-14(11)13-7-4-6-12(9-13)10-17-18-15(16)19/h2-10H,1H3,(H3,16,18,19). The van der Waals surface area contributed by atoms with Crippen LogP contribution >= 0.6 is 12.2 Å². The van der Waals surface area contributed by atoms with Crippen LogP contribution in [-0.4, -0.2) is 11.3 Å². The van der Waals surface area contributed by atoms with Crippen molar-refractivity contribution in [2.75, 3.05) is 0 Å². The minimum atomic E-state index is 0.159. The minimum Gasteiger partial charge on any atom is -0.375 e. The smallest absolute Gasteiger partial charge is 0.184 e. The van der Waals surface area contributed by atoms with Crippen LogP contribution in [0.15, 0.2) is 53.6 Å². The molecule has 0 heterocycles. The highest BCUT2D eigenvalue weighted by Crippen LogP contribution is 2.23. The van der Waals surface area contributed by atoms with Gasteiger partial charge in [0.25, 0.3) is 0 Å². The number of thiocarbonyl (C=S) groups is 1. The molecule has 0 atom stereocenters. The first-order valence-electron chi connectivity index (χ1n) is 5.91. The van der Waals surface area contributed by atoms with E-state index in [-0.39, 0.29) is 5.11 Å². The summed E-state index contributed by atoms with van der Waals surface area (Å²) in [5.74, 6) is 0. The van der Waals surface area contributed by atoms with Gasteiger partial charge in [-0.15, -0.1) is 0 Å². The van der Waals surface area contributed by atoms with Crippen molar-refractivity contribution >= 4 is 23.5 Å². The Kier molecular flexibility index (Phi) is 4.26. The molecule has 2 rings (SSSR count). The zero-order valence-electron chi connectivity index (χ0n) is 10.6. The van der Waals surface area contributed by atoms with E-state index in [1.807, 2.05) is 24.3 Å². The number of benzene rings is 2. The average Bonchev–Trinajstić information content (AvgIpc) is 2.39. The van der Waals surface area contributed by atoms with E-state index in [9.17, 15) is 0 Å². The van der Waals surface area contributed by atoms with Gasteiger partial charge in [-0.3, -0.25) is 5.43 Å². The Hall–Kier alpha value is -2.20. The number of hydrogen-bond acceptors (Lipinski definition) is 2. The summed E-state index contributed by atoms with van der Waals surface area (Å²) in [5.41, 5.74) is 12.5. The van der Waals surface area contributed by atoms with Gasteiger partial charge < -0.3 is 5.73 Å². The number of rotatable bonds is 3. The molecule has 0 aliphatic carbocycles. The molecule has 0 spiro atoms. The highest BCUT2D eigenvalue weighted by atomic mass is 32.1. The number of hydrazone groups is 1. The van der Waals surface area contributed by atoms with Gasteiger partial charge in [0, 0.05) is 0 Å². The number of nitrogens with two attached hydrogens (primary N) is 1. The Balaban J connectivity index is 2.27. The Morgan fingerprint density at radius 2 is 2.00 bits per heavy atom. The van der Waals surface area contributed by atoms with Gasteiger partial charge in [-0.25, -0.2) is 0 Å². The topological polar surface area (TPSA) is 50.4 Å². The molecule has 0 radical (unpaired) electrons. The predicted molar refractivity (Wildman–Crippen MR) is 84.1 cm³/mol. The molecule has 3 nitrogen and oxygen atoms in total. The van der Waals surface area contributed by atoms with Gasteiger partial charge in [0.1, 0.15) is 0 Å². The average molecular weight is 269 g/mol. The fourth-order valence-electron chi connectivity index (χ4n) is 1.85. The molecular weight excluding hydrogens is 254 g/mol. The van der Waals surface area contributed by atoms with Crippen LogP contribution in [0.2, 0.25) is 0 Å². The van der Waals surface area contributed by atoms with E-state index in [0.717, 1.165) is 11.1 Å². The zero-order chi connectivity index (χ0) is 13.7. The number of nitrogens with zero attached hydrogens (tertiary/aromatic N) is 1. The van der Waals surface area contributed by atoms with Crippen LogP contribution in [0.25, 0.3) is 11.1 Å². The molecule has 4 heteroatoms. The maximum absolute atomic E-state index is 5.30. The lowest BCUT2D eigenvalue weighted by molar-refractivity contribution is 1.04. The van der Waals surface area contributed by atoms with Crippen LogP contribution in [0.4, 0.5) is 0 Å². The number of hydrogen-bond donors (Lipinski definition) is 2. The summed E-state index contributed by atoms with van der Waals surface area (Å²) in [7, 11) is 0. The van der Waals surface area contributed by atoms with Crippen molar-refractivity contribution in [2.45, 2.75) is 6.92 Å². The van der Waals surface area contributed by atoms with E-state index >= 15 is 0 Å². The van der Waals surface area contributed by atoms with E-state index in [1.165, 1.54) is 11.1 Å².